The molecule has 3 nitrogen and oxygen atoms in total. The molecule has 0 saturated carbocycles. The first-order chi connectivity index (χ1) is 10.0. The lowest BCUT2D eigenvalue weighted by Gasteiger charge is -2.15. The van der Waals surface area contributed by atoms with Crippen molar-refractivity contribution in [2.75, 3.05) is 0 Å². The highest BCUT2D eigenvalue weighted by atomic mass is 35.5. The van der Waals surface area contributed by atoms with E-state index in [1.54, 1.807) is 0 Å². The van der Waals surface area contributed by atoms with Gasteiger partial charge in [-0.05, 0) is 31.4 Å². The molecule has 0 aliphatic rings. The molecule has 0 aliphatic heterocycles. The molecule has 0 fully saturated rings. The van der Waals surface area contributed by atoms with Gasteiger partial charge in [-0.2, -0.15) is 0 Å². The fraction of sp³-hybridized carbons (Fsp3) is 0.706. The van der Waals surface area contributed by atoms with E-state index in [0.29, 0.717) is 16.9 Å². The second-order valence-electron chi connectivity index (χ2n) is 5.94. The SMILES string of the molecule is CCCCCCC(C)Oc1ncc(CNC(C)C)cc1Cl. The fourth-order valence-corrected chi connectivity index (χ4v) is 2.31. The van der Waals surface area contributed by atoms with Crippen LogP contribution in [0.3, 0.4) is 0 Å². The third-order valence-electron chi connectivity index (χ3n) is 3.36. The summed E-state index contributed by atoms with van der Waals surface area (Å²) >= 11 is 6.26. The third-order valence-corrected chi connectivity index (χ3v) is 3.63. The topological polar surface area (TPSA) is 34.1 Å². The molecule has 0 aromatic carbocycles. The van der Waals surface area contributed by atoms with Crippen LogP contribution < -0.4 is 10.1 Å². The van der Waals surface area contributed by atoms with Crippen molar-refractivity contribution in [2.45, 2.75) is 78.5 Å². The molecule has 4 heteroatoms. The minimum atomic E-state index is 0.159. The standard InChI is InChI=1S/C17H29ClN2O/c1-5-6-7-8-9-14(4)21-17-16(18)10-15(12-20-17)11-19-13(2)3/h10,12-14,19H,5-9,11H2,1-4H3. The van der Waals surface area contributed by atoms with Gasteiger partial charge in [0.25, 0.3) is 0 Å². The van der Waals surface area contributed by atoms with Gasteiger partial charge in [-0.15, -0.1) is 0 Å². The van der Waals surface area contributed by atoms with Crippen LogP contribution >= 0.6 is 11.6 Å². The number of rotatable bonds is 10. The highest BCUT2D eigenvalue weighted by Gasteiger charge is 2.10. The molecule has 0 saturated heterocycles. The van der Waals surface area contributed by atoms with Gasteiger partial charge in [-0.25, -0.2) is 4.98 Å². The molecule has 1 rings (SSSR count). The lowest BCUT2D eigenvalue weighted by molar-refractivity contribution is 0.198. The molecule has 1 atom stereocenters. The van der Waals surface area contributed by atoms with E-state index >= 15 is 0 Å². The van der Waals surface area contributed by atoms with Gasteiger partial charge in [-0.1, -0.05) is 51.6 Å². The molecule has 1 aromatic rings. The van der Waals surface area contributed by atoms with Crippen molar-refractivity contribution in [2.24, 2.45) is 0 Å². The summed E-state index contributed by atoms with van der Waals surface area (Å²) in [7, 11) is 0. The number of hydrogen-bond acceptors (Lipinski definition) is 3. The summed E-state index contributed by atoms with van der Waals surface area (Å²) in [6, 6.07) is 2.38. The molecule has 0 amide bonds. The van der Waals surface area contributed by atoms with Crippen LogP contribution in [-0.4, -0.2) is 17.1 Å². The number of pyridine rings is 1. The molecular formula is C17H29ClN2O. The molecule has 1 heterocycles. The number of hydrogen-bond donors (Lipinski definition) is 1. The van der Waals surface area contributed by atoms with Crippen molar-refractivity contribution in [3.05, 3.63) is 22.8 Å². The Hall–Kier alpha value is -0.800. The van der Waals surface area contributed by atoms with E-state index in [-0.39, 0.29) is 6.10 Å². The van der Waals surface area contributed by atoms with Crippen LogP contribution in [0, 0.1) is 0 Å². The van der Waals surface area contributed by atoms with Crippen molar-refractivity contribution < 1.29 is 4.74 Å². The maximum atomic E-state index is 6.26. The molecule has 0 spiro atoms. The van der Waals surface area contributed by atoms with Crippen LogP contribution in [0.2, 0.25) is 5.02 Å². The van der Waals surface area contributed by atoms with Gasteiger partial charge in [0.15, 0.2) is 0 Å². The van der Waals surface area contributed by atoms with Gasteiger partial charge < -0.3 is 10.1 Å². The van der Waals surface area contributed by atoms with E-state index in [1.165, 1.54) is 25.7 Å². The Bertz CT molecular complexity index is 410. The minimum absolute atomic E-state index is 0.159. The quantitative estimate of drug-likeness (QED) is 0.619. The van der Waals surface area contributed by atoms with Gasteiger partial charge in [0.2, 0.25) is 5.88 Å². The Morgan fingerprint density at radius 3 is 2.62 bits per heavy atom. The first-order valence-corrected chi connectivity index (χ1v) is 8.45. The molecule has 0 radical (unpaired) electrons. The first kappa shape index (κ1) is 18.2. The summed E-state index contributed by atoms with van der Waals surface area (Å²) in [5, 5.41) is 3.95. The summed E-state index contributed by atoms with van der Waals surface area (Å²) < 4.78 is 5.84. The van der Waals surface area contributed by atoms with Crippen molar-refractivity contribution in [3.63, 3.8) is 0 Å². The largest absolute Gasteiger partial charge is 0.474 e. The Labute approximate surface area is 134 Å². The van der Waals surface area contributed by atoms with Crippen molar-refractivity contribution in [1.82, 2.24) is 10.3 Å². The Morgan fingerprint density at radius 2 is 2.00 bits per heavy atom. The van der Waals surface area contributed by atoms with E-state index < -0.39 is 0 Å². The van der Waals surface area contributed by atoms with Crippen LogP contribution in [0.25, 0.3) is 0 Å². The molecule has 21 heavy (non-hydrogen) atoms. The number of aromatic nitrogens is 1. The van der Waals surface area contributed by atoms with Gasteiger partial charge in [0.05, 0.1) is 6.10 Å². The minimum Gasteiger partial charge on any atom is -0.474 e. The Kier molecular flexibility index (Phi) is 8.70. The average Bonchev–Trinajstić information content (AvgIpc) is 2.44. The Balaban J connectivity index is 2.44. The van der Waals surface area contributed by atoms with Crippen LogP contribution in [0.15, 0.2) is 12.3 Å². The molecule has 1 N–H and O–H groups in total. The number of nitrogens with one attached hydrogen (secondary N) is 1. The van der Waals surface area contributed by atoms with Crippen molar-refractivity contribution in [3.8, 4) is 5.88 Å². The second-order valence-corrected chi connectivity index (χ2v) is 6.35. The summed E-state index contributed by atoms with van der Waals surface area (Å²) in [6.45, 7) is 9.31. The lowest BCUT2D eigenvalue weighted by Crippen LogP contribution is -2.22. The highest BCUT2D eigenvalue weighted by molar-refractivity contribution is 6.31. The molecular weight excluding hydrogens is 284 g/mol. The molecule has 1 aromatic heterocycles. The van der Waals surface area contributed by atoms with Crippen molar-refractivity contribution >= 4 is 11.6 Å². The normalized spacial score (nSPS) is 12.7. The van der Waals surface area contributed by atoms with Crippen LogP contribution in [0.4, 0.5) is 0 Å². The summed E-state index contributed by atoms with van der Waals surface area (Å²) in [6.07, 6.45) is 8.06. The number of nitrogens with zero attached hydrogens (tertiary/aromatic N) is 1. The van der Waals surface area contributed by atoms with Gasteiger partial charge >= 0.3 is 0 Å². The van der Waals surface area contributed by atoms with E-state index in [0.717, 1.165) is 18.5 Å². The average molecular weight is 313 g/mol. The van der Waals surface area contributed by atoms with E-state index in [1.807, 2.05) is 12.3 Å². The molecule has 0 bridgehead atoms. The lowest BCUT2D eigenvalue weighted by atomic mass is 10.1. The molecule has 0 aliphatic carbocycles. The number of unbranched alkanes of at least 4 members (excludes halogenated alkanes) is 3. The van der Waals surface area contributed by atoms with Crippen LogP contribution in [0.1, 0.15) is 65.4 Å². The summed E-state index contributed by atoms with van der Waals surface area (Å²) in [4.78, 5) is 4.35. The van der Waals surface area contributed by atoms with E-state index in [4.69, 9.17) is 16.3 Å². The van der Waals surface area contributed by atoms with Crippen LogP contribution in [0.5, 0.6) is 5.88 Å². The van der Waals surface area contributed by atoms with Gasteiger partial charge in [-0.3, -0.25) is 0 Å². The number of ether oxygens (including phenoxy) is 1. The molecule has 1 unspecified atom stereocenters. The van der Waals surface area contributed by atoms with Crippen molar-refractivity contribution in [1.29, 1.82) is 0 Å². The first-order valence-electron chi connectivity index (χ1n) is 8.07. The van der Waals surface area contributed by atoms with E-state index in [2.05, 4.69) is 38.0 Å². The van der Waals surface area contributed by atoms with Gasteiger partial charge in [0.1, 0.15) is 5.02 Å². The number of halogens is 1. The smallest absolute Gasteiger partial charge is 0.232 e. The Morgan fingerprint density at radius 1 is 1.24 bits per heavy atom. The van der Waals surface area contributed by atoms with Gasteiger partial charge in [0, 0.05) is 18.8 Å². The van der Waals surface area contributed by atoms with E-state index in [9.17, 15) is 0 Å². The predicted octanol–water partition coefficient (Wildman–Crippen LogP) is 4.97. The second kappa shape index (κ2) is 10.0. The fourth-order valence-electron chi connectivity index (χ4n) is 2.08. The predicted molar refractivity (Wildman–Crippen MR) is 90.1 cm³/mol. The maximum Gasteiger partial charge on any atom is 0.232 e. The summed E-state index contributed by atoms with van der Waals surface area (Å²) in [5.41, 5.74) is 1.08. The monoisotopic (exact) mass is 312 g/mol. The van der Waals surface area contributed by atoms with Crippen LogP contribution in [-0.2, 0) is 6.54 Å². The third kappa shape index (κ3) is 7.68. The maximum absolute atomic E-state index is 6.26. The summed E-state index contributed by atoms with van der Waals surface area (Å²) in [5.74, 6) is 0.549. The zero-order chi connectivity index (χ0) is 15.7. The zero-order valence-electron chi connectivity index (χ0n) is 13.8. The highest BCUT2D eigenvalue weighted by Crippen LogP contribution is 2.24. The zero-order valence-corrected chi connectivity index (χ0v) is 14.5. The molecule has 120 valence electrons.